The molecular formula is C11H10ClFO3. The van der Waals surface area contributed by atoms with E-state index < -0.39 is 17.2 Å². The van der Waals surface area contributed by atoms with E-state index in [4.69, 9.17) is 16.7 Å². The molecule has 5 heteroatoms. The molecule has 0 aliphatic heterocycles. The topological polar surface area (TPSA) is 57.5 Å². The fraction of sp³-hybridized carbons (Fsp3) is 0.364. The molecule has 0 heterocycles. The molecule has 0 saturated heterocycles. The molecule has 0 spiro atoms. The van der Waals surface area contributed by atoms with Crippen LogP contribution in [0.25, 0.3) is 0 Å². The zero-order valence-corrected chi connectivity index (χ0v) is 9.09. The van der Waals surface area contributed by atoms with Crippen molar-refractivity contribution in [3.63, 3.8) is 0 Å². The van der Waals surface area contributed by atoms with Gasteiger partial charge < -0.3 is 10.2 Å². The van der Waals surface area contributed by atoms with Crippen molar-refractivity contribution < 1.29 is 19.4 Å². The number of phenols is 1. The maximum absolute atomic E-state index is 13.2. The Morgan fingerprint density at radius 2 is 2.06 bits per heavy atom. The minimum Gasteiger partial charge on any atom is -0.506 e. The number of aliphatic carboxylic acids is 1. The van der Waals surface area contributed by atoms with Gasteiger partial charge >= 0.3 is 5.97 Å². The van der Waals surface area contributed by atoms with E-state index in [0.717, 1.165) is 18.6 Å². The van der Waals surface area contributed by atoms with E-state index in [1.54, 1.807) is 0 Å². The van der Waals surface area contributed by atoms with Crippen molar-refractivity contribution in [2.45, 2.75) is 24.7 Å². The maximum atomic E-state index is 13.2. The SMILES string of the molecule is O=C(O)C1(c2cc(F)cc(Cl)c2O)CCC1. The second kappa shape index (κ2) is 3.63. The zero-order valence-electron chi connectivity index (χ0n) is 8.33. The summed E-state index contributed by atoms with van der Waals surface area (Å²) in [5.41, 5.74) is -1.09. The number of phenolic OH excluding ortho intramolecular Hbond substituents is 1. The molecule has 1 aromatic rings. The van der Waals surface area contributed by atoms with Crippen LogP contribution in [0.5, 0.6) is 5.75 Å². The molecule has 1 fully saturated rings. The zero-order chi connectivity index (χ0) is 11.9. The lowest BCUT2D eigenvalue weighted by Gasteiger charge is -2.38. The van der Waals surface area contributed by atoms with Gasteiger partial charge in [0.05, 0.1) is 10.4 Å². The number of benzene rings is 1. The van der Waals surface area contributed by atoms with Gasteiger partial charge in [0.15, 0.2) is 0 Å². The van der Waals surface area contributed by atoms with Gasteiger partial charge in [0, 0.05) is 5.56 Å². The lowest BCUT2D eigenvalue weighted by molar-refractivity contribution is -0.147. The summed E-state index contributed by atoms with van der Waals surface area (Å²) < 4.78 is 13.2. The van der Waals surface area contributed by atoms with Crippen LogP contribution in [-0.4, -0.2) is 16.2 Å². The molecule has 3 nitrogen and oxygen atoms in total. The number of hydrogen-bond acceptors (Lipinski definition) is 2. The predicted molar refractivity (Wildman–Crippen MR) is 56.2 cm³/mol. The Labute approximate surface area is 96.5 Å². The number of aromatic hydroxyl groups is 1. The van der Waals surface area contributed by atoms with Gasteiger partial charge in [0.25, 0.3) is 0 Å². The van der Waals surface area contributed by atoms with Crippen LogP contribution < -0.4 is 0 Å². The first-order valence-electron chi connectivity index (χ1n) is 4.89. The summed E-state index contributed by atoms with van der Waals surface area (Å²) in [5.74, 6) is -2.01. The Hall–Kier alpha value is -1.29. The number of carboxylic acid groups (broad SMARTS) is 1. The summed E-state index contributed by atoms with van der Waals surface area (Å²) in [7, 11) is 0. The van der Waals surface area contributed by atoms with Gasteiger partial charge in [-0.05, 0) is 25.0 Å². The van der Waals surface area contributed by atoms with Crippen LogP contribution in [0.3, 0.4) is 0 Å². The molecule has 0 radical (unpaired) electrons. The summed E-state index contributed by atoms with van der Waals surface area (Å²) in [6.45, 7) is 0. The molecule has 0 unspecified atom stereocenters. The van der Waals surface area contributed by atoms with Crippen molar-refractivity contribution in [3.8, 4) is 5.75 Å². The highest BCUT2D eigenvalue weighted by Crippen LogP contribution is 2.48. The summed E-state index contributed by atoms with van der Waals surface area (Å²) in [6.07, 6.45) is 1.55. The lowest BCUT2D eigenvalue weighted by atomic mass is 9.64. The van der Waals surface area contributed by atoms with Crippen molar-refractivity contribution in [2.24, 2.45) is 0 Å². The fourth-order valence-electron chi connectivity index (χ4n) is 2.06. The van der Waals surface area contributed by atoms with Gasteiger partial charge in [-0.1, -0.05) is 18.0 Å². The molecule has 0 bridgehead atoms. The third-order valence-corrected chi connectivity index (χ3v) is 3.45. The van der Waals surface area contributed by atoms with E-state index in [0.29, 0.717) is 12.8 Å². The van der Waals surface area contributed by atoms with Crippen molar-refractivity contribution >= 4 is 17.6 Å². The fourth-order valence-corrected chi connectivity index (χ4v) is 2.27. The molecule has 1 saturated carbocycles. The largest absolute Gasteiger partial charge is 0.506 e. The monoisotopic (exact) mass is 244 g/mol. The second-order valence-corrected chi connectivity index (χ2v) is 4.43. The van der Waals surface area contributed by atoms with Crippen molar-refractivity contribution in [3.05, 3.63) is 28.5 Å². The van der Waals surface area contributed by atoms with Crippen LogP contribution in [0.2, 0.25) is 5.02 Å². The van der Waals surface area contributed by atoms with Gasteiger partial charge in [-0.25, -0.2) is 4.39 Å². The summed E-state index contributed by atoms with van der Waals surface area (Å²) >= 11 is 5.63. The normalized spacial score (nSPS) is 17.9. The van der Waals surface area contributed by atoms with Gasteiger partial charge in [-0.2, -0.15) is 0 Å². The first kappa shape index (κ1) is 11.2. The van der Waals surface area contributed by atoms with Crippen molar-refractivity contribution in [2.75, 3.05) is 0 Å². The molecule has 0 atom stereocenters. The lowest BCUT2D eigenvalue weighted by Crippen LogP contribution is -2.42. The Balaban J connectivity index is 2.59. The van der Waals surface area contributed by atoms with Crippen LogP contribution in [0.15, 0.2) is 12.1 Å². The Morgan fingerprint density at radius 1 is 1.44 bits per heavy atom. The number of hydrogen-bond donors (Lipinski definition) is 2. The first-order valence-corrected chi connectivity index (χ1v) is 5.27. The standard InChI is InChI=1S/C11H10ClFO3/c12-8-5-6(13)4-7(9(8)14)11(10(15)16)2-1-3-11/h4-5,14H,1-3H2,(H,15,16). The molecule has 86 valence electrons. The Bertz CT molecular complexity index is 455. The minimum atomic E-state index is -1.17. The van der Waals surface area contributed by atoms with Crippen LogP contribution in [0, 0.1) is 5.82 Å². The van der Waals surface area contributed by atoms with Crippen molar-refractivity contribution in [1.82, 2.24) is 0 Å². The highest BCUT2D eigenvalue weighted by Gasteiger charge is 2.48. The highest BCUT2D eigenvalue weighted by atomic mass is 35.5. The van der Waals surface area contributed by atoms with E-state index in [1.165, 1.54) is 0 Å². The molecular weight excluding hydrogens is 235 g/mol. The molecule has 1 aromatic carbocycles. The Kier molecular flexibility index (Phi) is 2.54. The summed E-state index contributed by atoms with van der Waals surface area (Å²) in [5, 5.41) is 18.7. The molecule has 1 aliphatic rings. The second-order valence-electron chi connectivity index (χ2n) is 4.02. The molecule has 16 heavy (non-hydrogen) atoms. The summed E-state index contributed by atoms with van der Waals surface area (Å²) in [4.78, 5) is 11.2. The van der Waals surface area contributed by atoms with E-state index in [2.05, 4.69) is 0 Å². The highest BCUT2D eigenvalue weighted by molar-refractivity contribution is 6.32. The van der Waals surface area contributed by atoms with Gasteiger partial charge in [0.1, 0.15) is 11.6 Å². The first-order chi connectivity index (χ1) is 7.47. The van der Waals surface area contributed by atoms with Crippen LogP contribution in [0.1, 0.15) is 24.8 Å². The summed E-state index contributed by atoms with van der Waals surface area (Å²) in [6, 6.07) is 2.02. The molecule has 0 amide bonds. The predicted octanol–water partition coefficient (Wildman–Crippen LogP) is 2.69. The molecule has 0 aromatic heterocycles. The van der Waals surface area contributed by atoms with Gasteiger partial charge in [0.2, 0.25) is 0 Å². The van der Waals surface area contributed by atoms with E-state index >= 15 is 0 Å². The number of rotatable bonds is 2. The average molecular weight is 245 g/mol. The van der Waals surface area contributed by atoms with Gasteiger partial charge in [-0.3, -0.25) is 4.79 Å². The minimum absolute atomic E-state index is 0.0799. The number of halogens is 2. The quantitative estimate of drug-likeness (QED) is 0.841. The van der Waals surface area contributed by atoms with E-state index in [9.17, 15) is 14.3 Å². The van der Waals surface area contributed by atoms with Crippen molar-refractivity contribution in [1.29, 1.82) is 0 Å². The maximum Gasteiger partial charge on any atom is 0.314 e. The smallest absolute Gasteiger partial charge is 0.314 e. The Morgan fingerprint density at radius 3 is 2.50 bits per heavy atom. The van der Waals surface area contributed by atoms with Crippen LogP contribution in [-0.2, 0) is 10.2 Å². The number of carboxylic acids is 1. The van der Waals surface area contributed by atoms with Crippen LogP contribution in [0.4, 0.5) is 4.39 Å². The van der Waals surface area contributed by atoms with E-state index in [1.807, 2.05) is 0 Å². The van der Waals surface area contributed by atoms with E-state index in [-0.39, 0.29) is 16.3 Å². The number of carbonyl (C=O) groups is 1. The third-order valence-electron chi connectivity index (χ3n) is 3.16. The average Bonchev–Trinajstić information content (AvgIpc) is 2.10. The van der Waals surface area contributed by atoms with Crippen LogP contribution >= 0.6 is 11.6 Å². The third kappa shape index (κ3) is 1.45. The molecule has 2 rings (SSSR count). The van der Waals surface area contributed by atoms with Gasteiger partial charge in [-0.15, -0.1) is 0 Å². The molecule has 2 N–H and O–H groups in total. The molecule has 1 aliphatic carbocycles.